The van der Waals surface area contributed by atoms with Crippen LogP contribution in [0.4, 0.5) is 10.1 Å². The first-order chi connectivity index (χ1) is 17.8. The number of H-pyrrole nitrogens is 2. The molecule has 6 rings (SSSR count). The van der Waals surface area contributed by atoms with E-state index in [1.165, 1.54) is 6.07 Å². The number of anilines is 1. The number of hydrogen-bond donors (Lipinski definition) is 3. The van der Waals surface area contributed by atoms with Crippen molar-refractivity contribution < 1.29 is 9.18 Å². The molecule has 0 aliphatic rings. The van der Waals surface area contributed by atoms with E-state index < -0.39 is 5.41 Å². The number of rotatable bonds is 4. The molecule has 1 amide bonds. The van der Waals surface area contributed by atoms with Crippen LogP contribution in [0.2, 0.25) is 0 Å². The lowest BCUT2D eigenvalue weighted by atomic mass is 9.95. The van der Waals surface area contributed by atoms with E-state index in [0.717, 1.165) is 49.3 Å². The second-order valence-electron chi connectivity index (χ2n) is 9.75. The highest BCUT2D eigenvalue weighted by molar-refractivity contribution is 7.14. The van der Waals surface area contributed by atoms with Crippen molar-refractivity contribution >= 4 is 45.0 Å². The molecule has 3 N–H and O–H groups in total. The summed E-state index contributed by atoms with van der Waals surface area (Å²) in [6, 6.07) is 12.8. The maximum Gasteiger partial charge on any atom is 0.229 e. The highest BCUT2D eigenvalue weighted by Gasteiger charge is 2.22. The van der Waals surface area contributed by atoms with Crippen LogP contribution in [0, 0.1) is 10.5 Å². The summed E-state index contributed by atoms with van der Waals surface area (Å²) in [6.07, 6.45) is 5.08. The van der Waals surface area contributed by atoms with Crippen molar-refractivity contribution in [3.63, 3.8) is 0 Å². The van der Waals surface area contributed by atoms with Gasteiger partial charge >= 0.3 is 0 Å². The second kappa shape index (κ2) is 8.59. The van der Waals surface area contributed by atoms with Gasteiger partial charge in [-0.15, -0.1) is 11.3 Å². The van der Waals surface area contributed by atoms with E-state index in [1.807, 2.05) is 51.1 Å². The first-order valence-electron chi connectivity index (χ1n) is 11.6. The summed E-state index contributed by atoms with van der Waals surface area (Å²) in [5.74, 6) is 0.487. The zero-order valence-corrected chi connectivity index (χ0v) is 21.1. The number of fused-ring (bicyclic) bond motifs is 2. The normalized spacial score (nSPS) is 11.9. The Hall–Kier alpha value is -4.44. The van der Waals surface area contributed by atoms with Gasteiger partial charge in [-0.1, -0.05) is 32.9 Å². The van der Waals surface area contributed by atoms with E-state index >= 15 is 0 Å². The summed E-state index contributed by atoms with van der Waals surface area (Å²) >= 11 is 1.09. The fourth-order valence-electron chi connectivity index (χ4n) is 4.03. The largest absolute Gasteiger partial charge is 0.337 e. The average Bonchev–Trinajstić information content (AvgIpc) is 3.60. The van der Waals surface area contributed by atoms with Gasteiger partial charge in [-0.2, -0.15) is 9.49 Å². The van der Waals surface area contributed by atoms with Crippen LogP contribution in [0.3, 0.4) is 0 Å². The number of aromatic nitrogens is 6. The Balaban J connectivity index is 1.40. The van der Waals surface area contributed by atoms with Gasteiger partial charge in [0, 0.05) is 39.4 Å². The number of pyridine rings is 2. The number of para-hydroxylation sites is 1. The third-order valence-electron chi connectivity index (χ3n) is 6.00. The second-order valence-corrected chi connectivity index (χ2v) is 10.8. The monoisotopic (exact) mass is 511 g/mol. The van der Waals surface area contributed by atoms with E-state index in [9.17, 15) is 9.18 Å². The van der Waals surface area contributed by atoms with Gasteiger partial charge in [-0.3, -0.25) is 14.9 Å². The molecule has 1 aromatic carbocycles. The summed E-state index contributed by atoms with van der Waals surface area (Å²) < 4.78 is 13.7. The quantitative estimate of drug-likeness (QED) is 0.253. The summed E-state index contributed by atoms with van der Waals surface area (Å²) in [7, 11) is 0. The number of imidazole rings is 1. The predicted molar refractivity (Wildman–Crippen MR) is 144 cm³/mol. The summed E-state index contributed by atoms with van der Waals surface area (Å²) in [5.41, 5.74) is 5.37. The molecule has 0 radical (unpaired) electrons. The minimum atomic E-state index is -0.522. The number of thiophene rings is 1. The van der Waals surface area contributed by atoms with Crippen LogP contribution in [-0.2, 0) is 4.79 Å². The maximum absolute atomic E-state index is 13.7. The third-order valence-corrected chi connectivity index (χ3v) is 6.91. The summed E-state index contributed by atoms with van der Waals surface area (Å²) in [6.45, 7) is 5.58. The summed E-state index contributed by atoms with van der Waals surface area (Å²) in [4.78, 5) is 30.2. The predicted octanol–water partition coefficient (Wildman–Crippen LogP) is 6.42. The van der Waals surface area contributed by atoms with Crippen LogP contribution in [0.25, 0.3) is 55.2 Å². The maximum atomic E-state index is 13.7. The van der Waals surface area contributed by atoms with Crippen LogP contribution < -0.4 is 5.32 Å². The fourth-order valence-corrected chi connectivity index (χ4v) is 4.79. The minimum Gasteiger partial charge on any atom is -0.337 e. The Morgan fingerprint density at radius 1 is 1.05 bits per heavy atom. The Bertz CT molecular complexity index is 1790. The van der Waals surface area contributed by atoms with Crippen molar-refractivity contribution in [3.05, 3.63) is 66.2 Å². The van der Waals surface area contributed by atoms with Gasteiger partial charge in [0.2, 0.25) is 5.91 Å². The van der Waals surface area contributed by atoms with Gasteiger partial charge in [0.1, 0.15) is 5.69 Å². The van der Waals surface area contributed by atoms with Gasteiger partial charge in [0.25, 0.3) is 0 Å². The molecule has 5 heterocycles. The van der Waals surface area contributed by atoms with Crippen molar-refractivity contribution in [3.8, 4) is 33.1 Å². The number of hydrogen-bond acceptors (Lipinski definition) is 6. The number of carbonyl (C=O) groups is 1. The minimum absolute atomic E-state index is 0.0910. The molecule has 5 aromatic heterocycles. The van der Waals surface area contributed by atoms with Crippen molar-refractivity contribution in [1.29, 1.82) is 0 Å². The van der Waals surface area contributed by atoms with E-state index in [2.05, 4.69) is 30.5 Å². The summed E-state index contributed by atoms with van der Waals surface area (Å²) in [5, 5.41) is 10.9. The number of nitrogens with one attached hydrogen (secondary N) is 3. The molecule has 0 saturated heterocycles. The first kappa shape index (κ1) is 23.0. The van der Waals surface area contributed by atoms with Crippen LogP contribution in [0.5, 0.6) is 0 Å². The molecule has 0 saturated carbocycles. The molecule has 184 valence electrons. The van der Waals surface area contributed by atoms with Crippen molar-refractivity contribution in [2.24, 2.45) is 5.41 Å². The smallest absolute Gasteiger partial charge is 0.229 e. The van der Waals surface area contributed by atoms with E-state index in [-0.39, 0.29) is 11.0 Å². The van der Waals surface area contributed by atoms with Gasteiger partial charge < -0.3 is 10.3 Å². The van der Waals surface area contributed by atoms with Gasteiger partial charge in [-0.05, 0) is 30.3 Å². The van der Waals surface area contributed by atoms with Crippen LogP contribution in [0.15, 0.2) is 61.1 Å². The van der Waals surface area contributed by atoms with E-state index in [0.29, 0.717) is 22.9 Å². The number of amides is 1. The number of nitrogens with zero attached hydrogens (tertiary/aromatic N) is 4. The molecule has 8 nitrogen and oxygen atoms in total. The highest BCUT2D eigenvalue weighted by Crippen LogP contribution is 2.35. The standard InChI is InChI=1S/C27H22FN7OS/c1-27(2,3)26(36)31-16-9-14(11-29-13-16)15-10-18-23(34-35-24(18)30-12-15)25-32-19-6-4-5-17(22(19)33-25)20-7-8-21(28)37-20/h4-13H,1-3H3,(H,31,36)(H,32,33)(H,30,34,35). The Morgan fingerprint density at radius 3 is 2.68 bits per heavy atom. The molecule has 0 aliphatic heterocycles. The van der Waals surface area contributed by atoms with Crippen LogP contribution in [0.1, 0.15) is 20.8 Å². The molecule has 0 spiro atoms. The SMILES string of the molecule is CC(C)(C)C(=O)Nc1cncc(-c2cnc3[nH]nc(-c4nc5c(-c6ccc(F)s6)cccc5[nH]4)c3c2)c1. The zero-order valence-electron chi connectivity index (χ0n) is 20.3. The zero-order chi connectivity index (χ0) is 25.7. The first-order valence-corrected chi connectivity index (χ1v) is 12.4. The number of aromatic amines is 2. The lowest BCUT2D eigenvalue weighted by Gasteiger charge is -2.17. The van der Waals surface area contributed by atoms with Crippen LogP contribution in [-0.4, -0.2) is 36.0 Å². The molecular formula is C27H22FN7OS. The Kier molecular flexibility index (Phi) is 5.34. The van der Waals surface area contributed by atoms with Crippen molar-refractivity contribution in [2.75, 3.05) is 5.32 Å². The molecule has 6 aromatic rings. The van der Waals surface area contributed by atoms with E-state index in [1.54, 1.807) is 24.7 Å². The molecule has 10 heteroatoms. The van der Waals surface area contributed by atoms with Gasteiger partial charge in [0.05, 0.1) is 28.3 Å². The van der Waals surface area contributed by atoms with Crippen molar-refractivity contribution in [1.82, 2.24) is 30.1 Å². The molecule has 0 atom stereocenters. The average molecular weight is 512 g/mol. The van der Waals surface area contributed by atoms with Crippen LogP contribution >= 0.6 is 11.3 Å². The van der Waals surface area contributed by atoms with Crippen molar-refractivity contribution in [2.45, 2.75) is 20.8 Å². The van der Waals surface area contributed by atoms with E-state index in [4.69, 9.17) is 4.98 Å². The Morgan fingerprint density at radius 2 is 1.89 bits per heavy atom. The Labute approximate surface area is 215 Å². The molecule has 0 bridgehead atoms. The molecule has 0 unspecified atom stereocenters. The van der Waals surface area contributed by atoms with Gasteiger partial charge in [0.15, 0.2) is 16.6 Å². The molecular weight excluding hydrogens is 489 g/mol. The molecule has 0 fully saturated rings. The topological polar surface area (TPSA) is 112 Å². The number of carbonyl (C=O) groups excluding carboxylic acids is 1. The molecule has 0 aliphatic carbocycles. The third kappa shape index (κ3) is 4.25. The molecule has 37 heavy (non-hydrogen) atoms. The highest BCUT2D eigenvalue weighted by atomic mass is 32.1. The lowest BCUT2D eigenvalue weighted by molar-refractivity contribution is -0.123. The van der Waals surface area contributed by atoms with Gasteiger partial charge in [-0.25, -0.2) is 9.97 Å². The fraction of sp³-hybridized carbons (Fsp3) is 0.148. The number of halogens is 1. The number of benzene rings is 1. The lowest BCUT2D eigenvalue weighted by Crippen LogP contribution is -2.27.